The molecule has 92 valence electrons. The van der Waals surface area contributed by atoms with Gasteiger partial charge < -0.3 is 21.0 Å². The van der Waals surface area contributed by atoms with Crippen LogP contribution in [0.1, 0.15) is 26.2 Å². The Balaban J connectivity index is 2.19. The van der Waals surface area contributed by atoms with Crippen LogP contribution in [0.15, 0.2) is 5.16 Å². The number of nitrogens with one attached hydrogen (secondary N) is 1. The first-order chi connectivity index (χ1) is 7.65. The van der Waals surface area contributed by atoms with Gasteiger partial charge >= 0.3 is 0 Å². The predicted octanol–water partition coefficient (Wildman–Crippen LogP) is 0.0542. The molecule has 1 aliphatic rings. The van der Waals surface area contributed by atoms with Crippen molar-refractivity contribution in [2.75, 3.05) is 13.2 Å². The van der Waals surface area contributed by atoms with E-state index in [0.29, 0.717) is 6.54 Å². The normalized spacial score (nSPS) is 23.1. The summed E-state index contributed by atoms with van der Waals surface area (Å²) >= 11 is 0. The van der Waals surface area contributed by atoms with E-state index in [0.717, 1.165) is 25.9 Å². The summed E-state index contributed by atoms with van der Waals surface area (Å²) in [4.78, 5) is 11.5. The summed E-state index contributed by atoms with van der Waals surface area (Å²) in [5.74, 6) is -0.905. The van der Waals surface area contributed by atoms with E-state index < -0.39 is 5.92 Å². The molecule has 1 fully saturated rings. The molecule has 4 N–H and O–H groups in total. The van der Waals surface area contributed by atoms with Gasteiger partial charge in [0.2, 0.25) is 5.91 Å². The van der Waals surface area contributed by atoms with E-state index in [9.17, 15) is 4.79 Å². The first kappa shape index (κ1) is 12.8. The highest BCUT2D eigenvalue weighted by atomic mass is 16.5. The maximum Gasteiger partial charge on any atom is 0.230 e. The number of nitrogens with zero attached hydrogens (tertiary/aromatic N) is 1. The van der Waals surface area contributed by atoms with Gasteiger partial charge in [-0.05, 0) is 26.2 Å². The Hall–Kier alpha value is -1.30. The Kier molecular flexibility index (Phi) is 5.04. The highest BCUT2D eigenvalue weighted by Crippen LogP contribution is 2.14. The number of carbonyl (C=O) groups excluding carboxylic acids is 1. The van der Waals surface area contributed by atoms with Crippen LogP contribution < -0.4 is 11.1 Å². The van der Waals surface area contributed by atoms with Gasteiger partial charge in [0.15, 0.2) is 5.84 Å². The van der Waals surface area contributed by atoms with Gasteiger partial charge in [0.1, 0.15) is 0 Å². The Bertz CT molecular complexity index is 262. The maximum atomic E-state index is 11.5. The largest absolute Gasteiger partial charge is 0.409 e. The van der Waals surface area contributed by atoms with E-state index in [2.05, 4.69) is 10.5 Å². The molecule has 0 radical (unpaired) electrons. The number of oxime groups is 1. The van der Waals surface area contributed by atoms with Crippen molar-refractivity contribution in [1.29, 1.82) is 0 Å². The van der Waals surface area contributed by atoms with E-state index in [1.807, 2.05) is 0 Å². The summed E-state index contributed by atoms with van der Waals surface area (Å²) in [6.45, 7) is 2.97. The quantitative estimate of drug-likeness (QED) is 0.269. The Morgan fingerprint density at radius 3 is 3.06 bits per heavy atom. The maximum absolute atomic E-state index is 11.5. The van der Waals surface area contributed by atoms with Crippen molar-refractivity contribution in [1.82, 2.24) is 5.32 Å². The smallest absolute Gasteiger partial charge is 0.230 e. The third kappa shape index (κ3) is 3.69. The van der Waals surface area contributed by atoms with Crippen LogP contribution in [0.25, 0.3) is 0 Å². The fourth-order valence-electron chi connectivity index (χ4n) is 1.60. The number of hydrogen-bond donors (Lipinski definition) is 3. The Morgan fingerprint density at radius 1 is 1.75 bits per heavy atom. The van der Waals surface area contributed by atoms with Crippen molar-refractivity contribution in [2.24, 2.45) is 16.8 Å². The van der Waals surface area contributed by atoms with Crippen molar-refractivity contribution in [3.8, 4) is 0 Å². The molecule has 16 heavy (non-hydrogen) atoms. The lowest BCUT2D eigenvalue weighted by Crippen LogP contribution is -2.38. The number of amidine groups is 1. The van der Waals surface area contributed by atoms with Gasteiger partial charge in [-0.25, -0.2) is 0 Å². The average molecular weight is 229 g/mol. The van der Waals surface area contributed by atoms with Crippen LogP contribution in [0.3, 0.4) is 0 Å². The predicted molar refractivity (Wildman–Crippen MR) is 59.2 cm³/mol. The van der Waals surface area contributed by atoms with Gasteiger partial charge in [-0.15, -0.1) is 0 Å². The minimum Gasteiger partial charge on any atom is -0.409 e. The molecular weight excluding hydrogens is 210 g/mol. The molecule has 0 aromatic rings. The molecule has 2 atom stereocenters. The molecule has 1 rings (SSSR count). The lowest BCUT2D eigenvalue weighted by Gasteiger charge is -2.12. The molecule has 1 heterocycles. The monoisotopic (exact) mass is 229 g/mol. The molecule has 0 aromatic heterocycles. The highest BCUT2D eigenvalue weighted by Gasteiger charge is 2.19. The standard InChI is InChI=1S/C10H19N3O3/c1-7(9(11)13-15)10(14)12-5-4-8-3-2-6-16-8/h7-8,15H,2-6H2,1H3,(H2,11,13)(H,12,14). The lowest BCUT2D eigenvalue weighted by molar-refractivity contribution is -0.122. The highest BCUT2D eigenvalue weighted by molar-refractivity contribution is 6.01. The summed E-state index contributed by atoms with van der Waals surface area (Å²) in [5.41, 5.74) is 5.33. The van der Waals surface area contributed by atoms with Gasteiger partial charge in [-0.3, -0.25) is 4.79 Å². The van der Waals surface area contributed by atoms with Crippen molar-refractivity contribution in [3.05, 3.63) is 0 Å². The zero-order chi connectivity index (χ0) is 12.0. The van der Waals surface area contributed by atoms with Gasteiger partial charge in [0.25, 0.3) is 0 Å². The second-order valence-electron chi connectivity index (χ2n) is 3.96. The molecule has 0 bridgehead atoms. The van der Waals surface area contributed by atoms with Gasteiger partial charge in [-0.2, -0.15) is 0 Å². The summed E-state index contributed by atoms with van der Waals surface area (Å²) < 4.78 is 5.42. The van der Waals surface area contributed by atoms with Gasteiger partial charge in [0, 0.05) is 13.2 Å². The van der Waals surface area contributed by atoms with Crippen molar-refractivity contribution in [2.45, 2.75) is 32.3 Å². The van der Waals surface area contributed by atoms with Crippen molar-refractivity contribution >= 4 is 11.7 Å². The van der Waals surface area contributed by atoms with Crippen LogP contribution in [0, 0.1) is 5.92 Å². The van der Waals surface area contributed by atoms with Gasteiger partial charge in [0.05, 0.1) is 12.0 Å². The van der Waals surface area contributed by atoms with Crippen molar-refractivity contribution < 1.29 is 14.7 Å². The zero-order valence-corrected chi connectivity index (χ0v) is 9.48. The molecule has 1 aliphatic heterocycles. The van der Waals surface area contributed by atoms with Crippen LogP contribution in [-0.4, -0.2) is 36.2 Å². The summed E-state index contributed by atoms with van der Waals surface area (Å²) in [6.07, 6.45) is 3.24. The second-order valence-corrected chi connectivity index (χ2v) is 3.96. The molecule has 2 unspecified atom stereocenters. The summed E-state index contributed by atoms with van der Waals surface area (Å²) in [6, 6.07) is 0. The molecule has 0 spiro atoms. The minimum absolute atomic E-state index is 0.0744. The number of rotatable bonds is 5. The first-order valence-corrected chi connectivity index (χ1v) is 5.52. The fourth-order valence-corrected chi connectivity index (χ4v) is 1.60. The zero-order valence-electron chi connectivity index (χ0n) is 9.48. The molecular formula is C10H19N3O3. The number of hydrogen-bond acceptors (Lipinski definition) is 4. The van der Waals surface area contributed by atoms with Crippen LogP contribution >= 0.6 is 0 Å². The van der Waals surface area contributed by atoms with E-state index >= 15 is 0 Å². The Morgan fingerprint density at radius 2 is 2.50 bits per heavy atom. The van der Waals surface area contributed by atoms with Crippen LogP contribution in [-0.2, 0) is 9.53 Å². The van der Waals surface area contributed by atoms with E-state index in [-0.39, 0.29) is 17.8 Å². The molecule has 0 saturated carbocycles. The number of carbonyl (C=O) groups is 1. The number of amides is 1. The average Bonchev–Trinajstić information content (AvgIpc) is 2.79. The van der Waals surface area contributed by atoms with Crippen LogP contribution in [0.2, 0.25) is 0 Å². The topological polar surface area (TPSA) is 96.9 Å². The Labute approximate surface area is 94.8 Å². The third-order valence-electron chi connectivity index (χ3n) is 2.74. The third-order valence-corrected chi connectivity index (χ3v) is 2.74. The molecule has 1 saturated heterocycles. The molecule has 1 amide bonds. The lowest BCUT2D eigenvalue weighted by atomic mass is 10.1. The van der Waals surface area contributed by atoms with Crippen LogP contribution in [0.5, 0.6) is 0 Å². The second kappa shape index (κ2) is 6.32. The summed E-state index contributed by atoms with van der Waals surface area (Å²) in [5, 5.41) is 14.0. The first-order valence-electron chi connectivity index (χ1n) is 5.52. The van der Waals surface area contributed by atoms with Gasteiger partial charge in [-0.1, -0.05) is 5.16 Å². The van der Waals surface area contributed by atoms with E-state index in [1.165, 1.54) is 0 Å². The molecule has 0 aromatic carbocycles. The van der Waals surface area contributed by atoms with E-state index in [4.69, 9.17) is 15.7 Å². The SMILES string of the molecule is CC(C(=O)NCCC1CCCO1)C(N)=NO. The molecule has 6 nitrogen and oxygen atoms in total. The number of ether oxygens (including phenoxy) is 1. The summed E-state index contributed by atoms with van der Waals surface area (Å²) in [7, 11) is 0. The van der Waals surface area contributed by atoms with Crippen molar-refractivity contribution in [3.63, 3.8) is 0 Å². The fraction of sp³-hybridized carbons (Fsp3) is 0.800. The molecule has 6 heteroatoms. The van der Waals surface area contributed by atoms with Crippen LogP contribution in [0.4, 0.5) is 0 Å². The van der Waals surface area contributed by atoms with E-state index in [1.54, 1.807) is 6.92 Å². The molecule has 0 aliphatic carbocycles. The number of nitrogens with two attached hydrogens (primary N) is 1. The minimum atomic E-state index is -0.602.